The van der Waals surface area contributed by atoms with Crippen LogP contribution in [0.3, 0.4) is 0 Å². The molecule has 3 N–H and O–H groups in total. The lowest BCUT2D eigenvalue weighted by atomic mass is 9.71. The molecule has 0 aromatic carbocycles. The smallest absolute Gasteiger partial charge is 0.220 e. The van der Waals surface area contributed by atoms with E-state index in [2.05, 4.69) is 10.2 Å². The van der Waals surface area contributed by atoms with Crippen LogP contribution in [0.4, 0.5) is 0 Å². The van der Waals surface area contributed by atoms with Gasteiger partial charge in [-0.3, -0.25) is 4.79 Å². The van der Waals surface area contributed by atoms with Gasteiger partial charge in [-0.2, -0.15) is 0 Å². The number of carbonyl (C=O) groups is 1. The van der Waals surface area contributed by atoms with Gasteiger partial charge in [-0.05, 0) is 51.9 Å². The maximum absolute atomic E-state index is 11.9. The van der Waals surface area contributed by atoms with Gasteiger partial charge >= 0.3 is 0 Å². The van der Waals surface area contributed by atoms with E-state index in [0.717, 1.165) is 32.4 Å². The van der Waals surface area contributed by atoms with Crippen molar-refractivity contribution >= 4 is 30.7 Å². The average molecular weight is 328 g/mol. The van der Waals surface area contributed by atoms with Crippen LogP contribution in [0, 0.1) is 5.41 Å². The van der Waals surface area contributed by atoms with E-state index >= 15 is 0 Å². The van der Waals surface area contributed by atoms with Crippen LogP contribution in [0.15, 0.2) is 0 Å². The molecule has 0 saturated heterocycles. The van der Waals surface area contributed by atoms with Gasteiger partial charge in [-0.15, -0.1) is 24.8 Å². The topological polar surface area (TPSA) is 58.4 Å². The van der Waals surface area contributed by atoms with Gasteiger partial charge in [0, 0.05) is 13.0 Å². The molecule has 0 heterocycles. The van der Waals surface area contributed by atoms with Gasteiger partial charge < -0.3 is 16.0 Å². The average Bonchev–Trinajstić information content (AvgIpc) is 2.35. The van der Waals surface area contributed by atoms with Gasteiger partial charge in [0.05, 0.1) is 0 Å². The standard InChI is InChI=1S/C14H29N3O.2ClH/c1-17(2)10-6-9-16-13(18)11-14(12-15)7-4-3-5-8-14;;/h3-12,15H2,1-2H3,(H,16,18);2*1H. The summed E-state index contributed by atoms with van der Waals surface area (Å²) in [5, 5.41) is 3.02. The van der Waals surface area contributed by atoms with Crippen molar-refractivity contribution in [2.45, 2.75) is 44.9 Å². The first-order valence-electron chi connectivity index (χ1n) is 7.19. The first-order valence-corrected chi connectivity index (χ1v) is 7.19. The van der Waals surface area contributed by atoms with Crippen molar-refractivity contribution in [2.24, 2.45) is 11.1 Å². The van der Waals surface area contributed by atoms with E-state index in [9.17, 15) is 4.79 Å². The SMILES string of the molecule is CN(C)CCCNC(=O)CC1(CN)CCCCC1.Cl.Cl. The number of halogens is 2. The third-order valence-corrected chi connectivity index (χ3v) is 3.99. The molecule has 0 aromatic heterocycles. The minimum absolute atomic E-state index is 0. The summed E-state index contributed by atoms with van der Waals surface area (Å²) < 4.78 is 0. The summed E-state index contributed by atoms with van der Waals surface area (Å²) in [5.41, 5.74) is 5.98. The Morgan fingerprint density at radius 3 is 2.30 bits per heavy atom. The fourth-order valence-electron chi connectivity index (χ4n) is 2.78. The maximum Gasteiger partial charge on any atom is 0.220 e. The van der Waals surface area contributed by atoms with E-state index in [1.807, 2.05) is 14.1 Å². The summed E-state index contributed by atoms with van der Waals surface area (Å²) in [7, 11) is 4.10. The fraction of sp³-hybridized carbons (Fsp3) is 0.929. The Hall–Kier alpha value is -0.0300. The first-order chi connectivity index (χ1) is 8.58. The van der Waals surface area contributed by atoms with Crippen LogP contribution in [0.5, 0.6) is 0 Å². The van der Waals surface area contributed by atoms with Crippen molar-refractivity contribution in [3.05, 3.63) is 0 Å². The molecule has 0 unspecified atom stereocenters. The molecule has 0 aromatic rings. The van der Waals surface area contributed by atoms with Gasteiger partial charge in [-0.25, -0.2) is 0 Å². The fourth-order valence-corrected chi connectivity index (χ4v) is 2.78. The zero-order valence-corrected chi connectivity index (χ0v) is 14.5. The Bertz CT molecular complexity index is 257. The van der Waals surface area contributed by atoms with Gasteiger partial charge in [0.25, 0.3) is 0 Å². The number of carbonyl (C=O) groups excluding carboxylic acids is 1. The summed E-state index contributed by atoms with van der Waals surface area (Å²) in [6, 6.07) is 0. The number of nitrogens with two attached hydrogens (primary N) is 1. The van der Waals surface area contributed by atoms with Gasteiger partial charge in [0.1, 0.15) is 0 Å². The summed E-state index contributed by atoms with van der Waals surface area (Å²) in [5.74, 6) is 0.182. The van der Waals surface area contributed by atoms with E-state index in [1.54, 1.807) is 0 Å². The van der Waals surface area contributed by atoms with Crippen LogP contribution in [0.25, 0.3) is 0 Å². The molecule has 6 heteroatoms. The lowest BCUT2D eigenvalue weighted by Gasteiger charge is -2.35. The molecule has 20 heavy (non-hydrogen) atoms. The van der Waals surface area contributed by atoms with Gasteiger partial charge in [0.2, 0.25) is 5.91 Å². The van der Waals surface area contributed by atoms with Crippen LogP contribution in [0.2, 0.25) is 0 Å². The largest absolute Gasteiger partial charge is 0.356 e. The molecular formula is C14H31Cl2N3O. The highest BCUT2D eigenvalue weighted by molar-refractivity contribution is 5.85. The molecule has 1 fully saturated rings. The van der Waals surface area contributed by atoms with E-state index in [0.29, 0.717) is 13.0 Å². The summed E-state index contributed by atoms with van der Waals surface area (Å²) >= 11 is 0. The first kappa shape index (κ1) is 22.3. The number of amides is 1. The monoisotopic (exact) mass is 327 g/mol. The molecule has 122 valence electrons. The van der Waals surface area contributed by atoms with Crippen molar-refractivity contribution in [2.75, 3.05) is 33.7 Å². The van der Waals surface area contributed by atoms with Crippen molar-refractivity contribution < 1.29 is 4.79 Å². The summed E-state index contributed by atoms with van der Waals surface area (Å²) in [6.07, 6.45) is 7.62. The predicted octanol–water partition coefficient (Wildman–Crippen LogP) is 2.20. The summed E-state index contributed by atoms with van der Waals surface area (Å²) in [6.45, 7) is 2.44. The molecular weight excluding hydrogens is 297 g/mol. The molecule has 0 atom stereocenters. The maximum atomic E-state index is 11.9. The highest BCUT2D eigenvalue weighted by Gasteiger charge is 2.32. The molecule has 0 radical (unpaired) electrons. The van der Waals surface area contributed by atoms with Crippen molar-refractivity contribution in [3.8, 4) is 0 Å². The molecule has 1 aliphatic rings. The second-order valence-electron chi connectivity index (χ2n) is 5.95. The van der Waals surface area contributed by atoms with Crippen molar-refractivity contribution in [1.82, 2.24) is 10.2 Å². The quantitative estimate of drug-likeness (QED) is 0.705. The Labute approximate surface area is 136 Å². The van der Waals surface area contributed by atoms with Gasteiger partial charge in [-0.1, -0.05) is 19.3 Å². The zero-order valence-electron chi connectivity index (χ0n) is 12.8. The molecule has 1 rings (SSSR count). The minimum atomic E-state index is 0. The van der Waals surface area contributed by atoms with Gasteiger partial charge in [0.15, 0.2) is 0 Å². The number of nitrogens with one attached hydrogen (secondary N) is 1. The second-order valence-corrected chi connectivity index (χ2v) is 5.95. The van der Waals surface area contributed by atoms with Crippen molar-refractivity contribution in [3.63, 3.8) is 0 Å². The molecule has 4 nitrogen and oxygen atoms in total. The Kier molecular flexibility index (Phi) is 12.9. The van der Waals surface area contributed by atoms with Crippen LogP contribution in [-0.2, 0) is 4.79 Å². The second kappa shape index (κ2) is 11.6. The molecule has 0 spiro atoms. The van der Waals surface area contributed by atoms with Crippen LogP contribution in [0.1, 0.15) is 44.9 Å². The number of rotatable bonds is 7. The molecule has 0 bridgehead atoms. The Morgan fingerprint density at radius 1 is 1.20 bits per heavy atom. The molecule has 1 aliphatic carbocycles. The number of hydrogen-bond acceptors (Lipinski definition) is 3. The number of nitrogens with zero attached hydrogens (tertiary/aromatic N) is 1. The van der Waals surface area contributed by atoms with Crippen LogP contribution >= 0.6 is 24.8 Å². The number of hydrogen-bond donors (Lipinski definition) is 2. The van der Waals surface area contributed by atoms with E-state index < -0.39 is 0 Å². The molecule has 1 saturated carbocycles. The Morgan fingerprint density at radius 2 is 1.80 bits per heavy atom. The van der Waals surface area contributed by atoms with Crippen LogP contribution in [-0.4, -0.2) is 44.5 Å². The normalized spacial score (nSPS) is 17.0. The third-order valence-electron chi connectivity index (χ3n) is 3.99. The zero-order chi connectivity index (χ0) is 13.4. The summed E-state index contributed by atoms with van der Waals surface area (Å²) in [4.78, 5) is 14.1. The van der Waals surface area contributed by atoms with E-state index in [-0.39, 0.29) is 36.1 Å². The highest BCUT2D eigenvalue weighted by Crippen LogP contribution is 2.38. The lowest BCUT2D eigenvalue weighted by molar-refractivity contribution is -0.123. The third kappa shape index (κ3) is 8.30. The van der Waals surface area contributed by atoms with E-state index in [4.69, 9.17) is 5.73 Å². The minimum Gasteiger partial charge on any atom is -0.356 e. The van der Waals surface area contributed by atoms with Crippen molar-refractivity contribution in [1.29, 1.82) is 0 Å². The van der Waals surface area contributed by atoms with Crippen LogP contribution < -0.4 is 11.1 Å². The predicted molar refractivity (Wildman–Crippen MR) is 89.9 cm³/mol. The lowest BCUT2D eigenvalue weighted by Crippen LogP contribution is -2.39. The Balaban J connectivity index is 0. The highest BCUT2D eigenvalue weighted by atomic mass is 35.5. The molecule has 1 amide bonds. The molecule has 0 aliphatic heterocycles. The van der Waals surface area contributed by atoms with E-state index in [1.165, 1.54) is 19.3 Å².